The summed E-state index contributed by atoms with van der Waals surface area (Å²) in [7, 11) is 1.82. The van der Waals surface area contributed by atoms with Crippen LogP contribution in [-0.2, 0) is 4.74 Å². The van der Waals surface area contributed by atoms with Crippen molar-refractivity contribution >= 4 is 41.5 Å². The van der Waals surface area contributed by atoms with Crippen molar-refractivity contribution in [2.45, 2.75) is 25.4 Å². The zero-order valence-corrected chi connectivity index (χ0v) is 18.0. The molecule has 25 heavy (non-hydrogen) atoms. The van der Waals surface area contributed by atoms with E-state index in [4.69, 9.17) is 16.3 Å². The Labute approximate surface area is 172 Å². The highest BCUT2D eigenvalue weighted by Gasteiger charge is 2.33. The van der Waals surface area contributed by atoms with E-state index in [1.54, 1.807) is 0 Å². The van der Waals surface area contributed by atoms with Gasteiger partial charge in [0.1, 0.15) is 0 Å². The average Bonchev–Trinajstić information content (AvgIpc) is 3.30. The van der Waals surface area contributed by atoms with Gasteiger partial charge >= 0.3 is 0 Å². The van der Waals surface area contributed by atoms with Gasteiger partial charge in [-0.25, -0.2) is 0 Å². The summed E-state index contributed by atoms with van der Waals surface area (Å²) >= 11 is 6.21. The summed E-state index contributed by atoms with van der Waals surface area (Å²) in [6.45, 7) is 6.48. The largest absolute Gasteiger partial charge is 0.379 e. The molecule has 1 heterocycles. The number of ether oxygens (including phenoxy) is 1. The number of guanidine groups is 1. The molecule has 1 aromatic rings. The van der Waals surface area contributed by atoms with Crippen molar-refractivity contribution in [3.63, 3.8) is 0 Å². The van der Waals surface area contributed by atoms with Gasteiger partial charge in [0.2, 0.25) is 0 Å². The molecule has 1 aliphatic carbocycles. The minimum absolute atomic E-state index is 0. The van der Waals surface area contributed by atoms with E-state index in [9.17, 15) is 0 Å². The van der Waals surface area contributed by atoms with Gasteiger partial charge in [0.15, 0.2) is 5.96 Å². The van der Waals surface area contributed by atoms with E-state index in [-0.39, 0.29) is 30.0 Å². The number of rotatable bonds is 5. The lowest BCUT2D eigenvalue weighted by atomic mass is 10.0. The van der Waals surface area contributed by atoms with E-state index in [2.05, 4.69) is 39.6 Å². The van der Waals surface area contributed by atoms with Crippen LogP contribution in [0.25, 0.3) is 0 Å². The number of hydrogen-bond donors (Lipinski definition) is 2. The predicted molar refractivity (Wildman–Crippen MR) is 114 cm³/mol. The average molecular weight is 479 g/mol. The Kier molecular flexibility index (Phi) is 8.25. The Bertz CT molecular complexity index is 580. The highest BCUT2D eigenvalue weighted by Crippen LogP contribution is 2.29. The van der Waals surface area contributed by atoms with Gasteiger partial charge in [0.25, 0.3) is 0 Å². The summed E-state index contributed by atoms with van der Waals surface area (Å²) in [6, 6.07) is 8.95. The minimum atomic E-state index is 0. The van der Waals surface area contributed by atoms with Gasteiger partial charge in [-0.2, -0.15) is 0 Å². The second-order valence-corrected chi connectivity index (χ2v) is 7.07. The van der Waals surface area contributed by atoms with Crippen LogP contribution in [-0.4, -0.2) is 56.8 Å². The number of halogens is 2. The first-order chi connectivity index (χ1) is 11.7. The molecule has 0 bridgehead atoms. The van der Waals surface area contributed by atoms with E-state index < -0.39 is 0 Å². The highest BCUT2D eigenvalue weighted by molar-refractivity contribution is 14.0. The quantitative estimate of drug-likeness (QED) is 0.388. The Morgan fingerprint density at radius 1 is 1.40 bits per heavy atom. The SMILES string of the molecule is CN=C(NCC(c1cccc(Cl)c1)N1CCOCC1)NC1CC1C.I. The first-order valence-electron chi connectivity index (χ1n) is 8.72. The lowest BCUT2D eigenvalue weighted by molar-refractivity contribution is 0.0170. The molecule has 1 aromatic carbocycles. The van der Waals surface area contributed by atoms with Crippen molar-refractivity contribution in [1.29, 1.82) is 0 Å². The van der Waals surface area contributed by atoms with Crippen LogP contribution in [0.5, 0.6) is 0 Å². The zero-order valence-electron chi connectivity index (χ0n) is 14.9. The van der Waals surface area contributed by atoms with Gasteiger partial charge in [-0.3, -0.25) is 9.89 Å². The maximum absolute atomic E-state index is 6.21. The maximum atomic E-state index is 6.21. The third-order valence-corrected chi connectivity index (χ3v) is 5.07. The topological polar surface area (TPSA) is 48.9 Å². The van der Waals surface area contributed by atoms with Crippen LogP contribution >= 0.6 is 35.6 Å². The number of hydrogen-bond acceptors (Lipinski definition) is 3. The molecule has 2 fully saturated rings. The van der Waals surface area contributed by atoms with E-state index in [0.717, 1.165) is 49.7 Å². The van der Waals surface area contributed by atoms with Crippen molar-refractivity contribution in [1.82, 2.24) is 15.5 Å². The fraction of sp³-hybridized carbons (Fsp3) is 0.611. The molecular formula is C18H28ClIN4O. The second-order valence-electron chi connectivity index (χ2n) is 6.64. The van der Waals surface area contributed by atoms with Crippen LogP contribution < -0.4 is 10.6 Å². The maximum Gasteiger partial charge on any atom is 0.191 e. The standard InChI is InChI=1S/C18H27ClN4O.HI/c1-13-10-16(13)22-18(20-2)21-12-17(23-6-8-24-9-7-23)14-4-3-5-15(19)11-14;/h3-5,11,13,16-17H,6-10,12H2,1-2H3,(H2,20,21,22);1H. The van der Waals surface area contributed by atoms with Gasteiger partial charge in [-0.1, -0.05) is 30.7 Å². The molecule has 3 atom stereocenters. The van der Waals surface area contributed by atoms with Crippen molar-refractivity contribution in [2.75, 3.05) is 39.9 Å². The number of morpholine rings is 1. The van der Waals surface area contributed by atoms with Gasteiger partial charge in [-0.05, 0) is 30.0 Å². The molecule has 0 aromatic heterocycles. The molecule has 3 rings (SSSR count). The monoisotopic (exact) mass is 478 g/mol. The zero-order chi connectivity index (χ0) is 16.9. The smallest absolute Gasteiger partial charge is 0.191 e. The summed E-state index contributed by atoms with van der Waals surface area (Å²) in [4.78, 5) is 6.81. The van der Waals surface area contributed by atoms with E-state index in [1.165, 1.54) is 12.0 Å². The molecule has 3 unspecified atom stereocenters. The molecule has 0 spiro atoms. The Balaban J connectivity index is 0.00000225. The molecule has 1 aliphatic heterocycles. The van der Waals surface area contributed by atoms with Gasteiger partial charge in [-0.15, -0.1) is 24.0 Å². The summed E-state index contributed by atoms with van der Waals surface area (Å²) in [5, 5.41) is 7.75. The van der Waals surface area contributed by atoms with E-state index >= 15 is 0 Å². The fourth-order valence-electron chi connectivity index (χ4n) is 3.15. The van der Waals surface area contributed by atoms with Crippen molar-refractivity contribution < 1.29 is 4.74 Å². The number of aliphatic imine (C=N–C) groups is 1. The highest BCUT2D eigenvalue weighted by atomic mass is 127. The van der Waals surface area contributed by atoms with Crippen LogP contribution in [0.1, 0.15) is 24.9 Å². The van der Waals surface area contributed by atoms with Crippen molar-refractivity contribution in [3.05, 3.63) is 34.9 Å². The molecule has 0 radical (unpaired) electrons. The molecule has 7 heteroatoms. The third-order valence-electron chi connectivity index (χ3n) is 4.84. The Morgan fingerprint density at radius 2 is 2.12 bits per heavy atom. The molecule has 1 saturated carbocycles. The van der Waals surface area contributed by atoms with Crippen LogP contribution in [0.2, 0.25) is 5.02 Å². The van der Waals surface area contributed by atoms with Crippen molar-refractivity contribution in [2.24, 2.45) is 10.9 Å². The lowest BCUT2D eigenvalue weighted by Crippen LogP contribution is -2.46. The minimum Gasteiger partial charge on any atom is -0.379 e. The Morgan fingerprint density at radius 3 is 2.72 bits per heavy atom. The van der Waals surface area contributed by atoms with Gasteiger partial charge < -0.3 is 15.4 Å². The summed E-state index contributed by atoms with van der Waals surface area (Å²) < 4.78 is 5.50. The van der Waals surface area contributed by atoms with Crippen LogP contribution in [0.15, 0.2) is 29.3 Å². The van der Waals surface area contributed by atoms with E-state index in [1.807, 2.05) is 19.2 Å². The fourth-order valence-corrected chi connectivity index (χ4v) is 3.35. The molecule has 2 aliphatic rings. The number of nitrogens with zero attached hydrogens (tertiary/aromatic N) is 2. The molecule has 2 N–H and O–H groups in total. The normalized spacial score (nSPS) is 25.0. The van der Waals surface area contributed by atoms with Gasteiger partial charge in [0, 0.05) is 37.7 Å². The second kappa shape index (κ2) is 9.94. The van der Waals surface area contributed by atoms with Crippen LogP contribution in [0.3, 0.4) is 0 Å². The lowest BCUT2D eigenvalue weighted by Gasteiger charge is -2.35. The molecule has 140 valence electrons. The predicted octanol–water partition coefficient (Wildman–Crippen LogP) is 2.90. The number of nitrogens with one attached hydrogen (secondary N) is 2. The summed E-state index contributed by atoms with van der Waals surface area (Å²) in [6.07, 6.45) is 1.22. The Hall–Kier alpha value is -0.570. The molecule has 5 nitrogen and oxygen atoms in total. The molecular weight excluding hydrogens is 451 g/mol. The van der Waals surface area contributed by atoms with E-state index in [0.29, 0.717) is 6.04 Å². The molecule has 0 amide bonds. The van der Waals surface area contributed by atoms with Crippen molar-refractivity contribution in [3.8, 4) is 0 Å². The number of benzene rings is 1. The van der Waals surface area contributed by atoms with Gasteiger partial charge in [0.05, 0.1) is 19.3 Å². The molecule has 1 saturated heterocycles. The van der Waals surface area contributed by atoms with Crippen LogP contribution in [0.4, 0.5) is 0 Å². The first-order valence-corrected chi connectivity index (χ1v) is 9.09. The summed E-state index contributed by atoms with van der Waals surface area (Å²) in [5.74, 6) is 1.62. The van der Waals surface area contributed by atoms with Crippen LogP contribution in [0, 0.1) is 5.92 Å². The third kappa shape index (κ3) is 5.98. The summed E-state index contributed by atoms with van der Waals surface area (Å²) in [5.41, 5.74) is 1.23. The first kappa shape index (κ1) is 20.7.